The number of fused-ring (bicyclic) bond motifs is 1. The highest BCUT2D eigenvalue weighted by Gasteiger charge is 2.26. The number of hydrogen-bond donors (Lipinski definition) is 1. The maximum absolute atomic E-state index is 6.50. The Morgan fingerprint density at radius 1 is 1.37 bits per heavy atom. The van der Waals surface area contributed by atoms with Crippen LogP contribution in [0.4, 0.5) is 0 Å². The molecule has 1 aromatic heterocycles. The summed E-state index contributed by atoms with van der Waals surface area (Å²) in [6, 6.07) is 8.69. The molecule has 1 aromatic carbocycles. The fourth-order valence-electron chi connectivity index (χ4n) is 2.69. The topological polar surface area (TPSA) is 43.8 Å². The van der Waals surface area contributed by atoms with E-state index in [1.807, 2.05) is 31.2 Å². The Morgan fingerprint density at radius 3 is 3.00 bits per heavy atom. The molecule has 0 amide bonds. The molecule has 100 valence electrons. The molecule has 1 aliphatic carbocycles. The van der Waals surface area contributed by atoms with Crippen LogP contribution in [0.1, 0.15) is 30.0 Å². The fraction of sp³-hybridized carbons (Fsp3) is 0.400. The third kappa shape index (κ3) is 2.55. The normalized spacial score (nSPS) is 22.8. The van der Waals surface area contributed by atoms with Gasteiger partial charge in [0.15, 0.2) is 5.16 Å². The first-order valence-electron chi connectivity index (χ1n) is 6.73. The number of imidazole rings is 1. The molecule has 2 unspecified atom stereocenters. The molecule has 0 aliphatic heterocycles. The van der Waals surface area contributed by atoms with Crippen molar-refractivity contribution in [3.05, 3.63) is 47.8 Å². The third-order valence-corrected chi connectivity index (χ3v) is 5.22. The van der Waals surface area contributed by atoms with Crippen LogP contribution in [0.5, 0.6) is 0 Å². The van der Waals surface area contributed by atoms with Gasteiger partial charge in [-0.3, -0.25) is 0 Å². The molecular weight excluding hydrogens is 254 g/mol. The van der Waals surface area contributed by atoms with Crippen molar-refractivity contribution in [2.75, 3.05) is 0 Å². The second-order valence-electron chi connectivity index (χ2n) is 5.09. The fourth-order valence-corrected chi connectivity index (χ4v) is 3.89. The summed E-state index contributed by atoms with van der Waals surface area (Å²) in [6.45, 7) is 0. The zero-order chi connectivity index (χ0) is 13.2. The Hall–Kier alpha value is -1.26. The Kier molecular flexibility index (Phi) is 3.62. The largest absolute Gasteiger partial charge is 0.329 e. The van der Waals surface area contributed by atoms with Crippen molar-refractivity contribution in [2.24, 2.45) is 12.8 Å². The minimum atomic E-state index is 0.0976. The van der Waals surface area contributed by atoms with Crippen molar-refractivity contribution in [2.45, 2.75) is 35.7 Å². The van der Waals surface area contributed by atoms with Crippen molar-refractivity contribution in [3.8, 4) is 0 Å². The summed E-state index contributed by atoms with van der Waals surface area (Å²) in [5.41, 5.74) is 9.23. The number of nitrogens with zero attached hydrogens (tertiary/aromatic N) is 2. The standard InChI is InChI=1S/C15H19N3S/c1-18-10-9-17-15(18)19-13-8-4-6-11-5-2-3-7-12(11)14(13)16/h2-3,5,7,9-10,13-14H,4,6,8,16H2,1H3. The van der Waals surface area contributed by atoms with Crippen LogP contribution >= 0.6 is 11.8 Å². The Labute approximate surface area is 118 Å². The molecule has 4 heteroatoms. The molecule has 1 aliphatic rings. The first kappa shape index (κ1) is 12.8. The predicted octanol–water partition coefficient (Wildman–Crippen LogP) is 2.92. The van der Waals surface area contributed by atoms with E-state index in [-0.39, 0.29) is 6.04 Å². The van der Waals surface area contributed by atoms with E-state index in [1.165, 1.54) is 17.5 Å². The third-order valence-electron chi connectivity index (χ3n) is 3.78. The maximum atomic E-state index is 6.50. The van der Waals surface area contributed by atoms with Crippen LogP contribution in [-0.4, -0.2) is 14.8 Å². The Balaban J connectivity index is 1.86. The predicted molar refractivity (Wildman–Crippen MR) is 79.2 cm³/mol. The van der Waals surface area contributed by atoms with Gasteiger partial charge in [0.2, 0.25) is 0 Å². The number of hydrogen-bond acceptors (Lipinski definition) is 3. The average molecular weight is 273 g/mol. The zero-order valence-corrected chi connectivity index (χ0v) is 11.9. The Bertz CT molecular complexity index is 564. The van der Waals surface area contributed by atoms with Crippen LogP contribution in [-0.2, 0) is 13.5 Å². The van der Waals surface area contributed by atoms with E-state index in [0.29, 0.717) is 5.25 Å². The van der Waals surface area contributed by atoms with Gasteiger partial charge in [-0.2, -0.15) is 0 Å². The van der Waals surface area contributed by atoms with E-state index in [0.717, 1.165) is 18.0 Å². The summed E-state index contributed by atoms with van der Waals surface area (Å²) in [7, 11) is 2.03. The summed E-state index contributed by atoms with van der Waals surface area (Å²) in [6.07, 6.45) is 7.32. The van der Waals surface area contributed by atoms with E-state index < -0.39 is 0 Å². The van der Waals surface area contributed by atoms with Crippen LogP contribution in [0.2, 0.25) is 0 Å². The van der Waals surface area contributed by atoms with Gasteiger partial charge in [-0.1, -0.05) is 36.0 Å². The smallest absolute Gasteiger partial charge is 0.168 e. The molecule has 1 heterocycles. The average Bonchev–Trinajstić information content (AvgIpc) is 2.75. The van der Waals surface area contributed by atoms with Crippen molar-refractivity contribution in [3.63, 3.8) is 0 Å². The first-order valence-corrected chi connectivity index (χ1v) is 7.61. The number of benzene rings is 1. The summed E-state index contributed by atoms with van der Waals surface area (Å²) >= 11 is 1.81. The monoisotopic (exact) mass is 273 g/mol. The van der Waals surface area contributed by atoms with E-state index >= 15 is 0 Å². The van der Waals surface area contributed by atoms with Crippen molar-refractivity contribution in [1.82, 2.24) is 9.55 Å². The number of aromatic nitrogens is 2. The summed E-state index contributed by atoms with van der Waals surface area (Å²) in [5, 5.41) is 1.46. The quantitative estimate of drug-likeness (QED) is 0.856. The van der Waals surface area contributed by atoms with Gasteiger partial charge in [0, 0.05) is 30.7 Å². The lowest BCUT2D eigenvalue weighted by molar-refractivity contribution is 0.628. The lowest BCUT2D eigenvalue weighted by Crippen LogP contribution is -2.23. The van der Waals surface area contributed by atoms with Gasteiger partial charge < -0.3 is 10.3 Å². The molecule has 3 rings (SSSR count). The molecule has 0 radical (unpaired) electrons. The highest BCUT2D eigenvalue weighted by molar-refractivity contribution is 7.99. The van der Waals surface area contributed by atoms with E-state index in [9.17, 15) is 0 Å². The molecule has 3 nitrogen and oxygen atoms in total. The second-order valence-corrected chi connectivity index (χ2v) is 6.30. The molecule has 0 saturated carbocycles. The Morgan fingerprint density at radius 2 is 2.21 bits per heavy atom. The second kappa shape index (κ2) is 5.39. The summed E-state index contributed by atoms with van der Waals surface area (Å²) in [4.78, 5) is 4.40. The SMILES string of the molecule is Cn1ccnc1SC1CCCc2ccccc2C1N. The zero-order valence-electron chi connectivity index (χ0n) is 11.1. The molecule has 2 N–H and O–H groups in total. The summed E-state index contributed by atoms with van der Waals surface area (Å²) < 4.78 is 2.06. The van der Waals surface area contributed by atoms with Crippen LogP contribution in [0.25, 0.3) is 0 Å². The highest BCUT2D eigenvalue weighted by atomic mass is 32.2. The first-order chi connectivity index (χ1) is 9.25. The van der Waals surface area contributed by atoms with E-state index in [2.05, 4.69) is 33.8 Å². The minimum Gasteiger partial charge on any atom is -0.329 e. The van der Waals surface area contributed by atoms with Gasteiger partial charge in [-0.05, 0) is 30.4 Å². The van der Waals surface area contributed by atoms with Crippen LogP contribution in [0, 0.1) is 0 Å². The van der Waals surface area contributed by atoms with Gasteiger partial charge in [0.05, 0.1) is 0 Å². The molecule has 0 fully saturated rings. The lowest BCUT2D eigenvalue weighted by Gasteiger charge is -2.22. The molecule has 2 atom stereocenters. The van der Waals surface area contributed by atoms with Crippen LogP contribution in [0.3, 0.4) is 0 Å². The van der Waals surface area contributed by atoms with Crippen molar-refractivity contribution < 1.29 is 0 Å². The van der Waals surface area contributed by atoms with Crippen molar-refractivity contribution >= 4 is 11.8 Å². The van der Waals surface area contributed by atoms with Gasteiger partial charge in [-0.15, -0.1) is 0 Å². The molecule has 0 bridgehead atoms. The molecular formula is C15H19N3S. The maximum Gasteiger partial charge on any atom is 0.168 e. The molecule has 0 spiro atoms. The van der Waals surface area contributed by atoms with Gasteiger partial charge in [0.25, 0.3) is 0 Å². The lowest BCUT2D eigenvalue weighted by atomic mass is 10.00. The highest BCUT2D eigenvalue weighted by Crippen LogP contribution is 2.37. The number of thioether (sulfide) groups is 1. The number of rotatable bonds is 2. The van der Waals surface area contributed by atoms with Crippen LogP contribution in [0.15, 0.2) is 41.8 Å². The van der Waals surface area contributed by atoms with Gasteiger partial charge in [-0.25, -0.2) is 4.98 Å². The van der Waals surface area contributed by atoms with Crippen LogP contribution < -0.4 is 5.73 Å². The molecule has 19 heavy (non-hydrogen) atoms. The number of nitrogens with two attached hydrogens (primary N) is 1. The molecule has 2 aromatic rings. The number of aryl methyl sites for hydroxylation is 2. The minimum absolute atomic E-state index is 0.0976. The molecule has 0 saturated heterocycles. The van der Waals surface area contributed by atoms with Gasteiger partial charge >= 0.3 is 0 Å². The summed E-state index contributed by atoms with van der Waals surface area (Å²) in [5.74, 6) is 0. The van der Waals surface area contributed by atoms with E-state index in [4.69, 9.17) is 5.73 Å². The van der Waals surface area contributed by atoms with E-state index in [1.54, 1.807) is 0 Å². The van der Waals surface area contributed by atoms with Gasteiger partial charge in [0.1, 0.15) is 0 Å². The van der Waals surface area contributed by atoms with Crippen molar-refractivity contribution in [1.29, 1.82) is 0 Å².